The number of aliphatic hydroxyl groups excluding tert-OH is 1. The van der Waals surface area contributed by atoms with Gasteiger partial charge in [0.25, 0.3) is 0 Å². The van der Waals surface area contributed by atoms with Gasteiger partial charge in [-0.2, -0.15) is 0 Å². The molecule has 2 nitrogen and oxygen atoms in total. The first-order chi connectivity index (χ1) is 9.00. The lowest BCUT2D eigenvalue weighted by Crippen LogP contribution is -2.44. The average Bonchev–Trinajstić information content (AvgIpc) is 2.22. The van der Waals surface area contributed by atoms with Gasteiger partial charge in [-0.25, -0.2) is 8.78 Å². The molecule has 0 spiro atoms. The summed E-state index contributed by atoms with van der Waals surface area (Å²) < 4.78 is 26.4. The van der Waals surface area contributed by atoms with E-state index < -0.39 is 17.7 Å². The highest BCUT2D eigenvalue weighted by Crippen LogP contribution is 2.27. The predicted octanol–water partition coefficient (Wildman–Crippen LogP) is 3.80. The van der Waals surface area contributed by atoms with Crippen LogP contribution in [0.3, 0.4) is 0 Å². The van der Waals surface area contributed by atoms with E-state index in [2.05, 4.69) is 26.1 Å². The summed E-state index contributed by atoms with van der Waals surface area (Å²) in [6.45, 7) is 10.8. The highest BCUT2D eigenvalue weighted by Gasteiger charge is 2.26. The molecule has 1 aromatic rings. The van der Waals surface area contributed by atoms with Crippen LogP contribution in [0.4, 0.5) is 8.78 Å². The molecule has 0 aliphatic heterocycles. The number of halogens is 2. The van der Waals surface area contributed by atoms with Crippen molar-refractivity contribution in [2.24, 2.45) is 5.41 Å². The monoisotopic (exact) mass is 285 g/mol. The summed E-state index contributed by atoms with van der Waals surface area (Å²) in [5, 5.41) is 13.3. The van der Waals surface area contributed by atoms with Crippen LogP contribution in [0, 0.1) is 17.0 Å². The zero-order valence-electron chi connectivity index (χ0n) is 12.9. The third kappa shape index (κ3) is 5.55. The first kappa shape index (κ1) is 17.1. The molecule has 0 saturated heterocycles. The summed E-state index contributed by atoms with van der Waals surface area (Å²) >= 11 is 0. The fourth-order valence-corrected chi connectivity index (χ4v) is 2.64. The Hall–Kier alpha value is -1.00. The Bertz CT molecular complexity index is 452. The lowest BCUT2D eigenvalue weighted by Gasteiger charge is -2.34. The van der Waals surface area contributed by atoms with Gasteiger partial charge in [-0.05, 0) is 31.7 Å². The standard InChI is InChI=1S/C16H25F2NO/c1-15(2,3)10-16(4,5)19-9-14(20)12-7-6-11(17)8-13(12)18/h6-8,14,19-20H,9-10H2,1-5H3. The van der Waals surface area contributed by atoms with Crippen LogP contribution in [0.25, 0.3) is 0 Å². The molecule has 0 fully saturated rings. The minimum absolute atomic E-state index is 0.116. The van der Waals surface area contributed by atoms with Crippen LogP contribution in [0.5, 0.6) is 0 Å². The summed E-state index contributed by atoms with van der Waals surface area (Å²) in [6, 6.07) is 3.23. The summed E-state index contributed by atoms with van der Waals surface area (Å²) in [4.78, 5) is 0. The van der Waals surface area contributed by atoms with Crippen LogP contribution in [0.1, 0.15) is 52.7 Å². The molecule has 2 N–H and O–H groups in total. The van der Waals surface area contributed by atoms with Crippen molar-refractivity contribution >= 4 is 0 Å². The van der Waals surface area contributed by atoms with Crippen molar-refractivity contribution in [2.75, 3.05) is 6.54 Å². The van der Waals surface area contributed by atoms with Gasteiger partial charge in [-0.15, -0.1) is 0 Å². The topological polar surface area (TPSA) is 32.3 Å². The normalized spacial score (nSPS) is 14.4. The van der Waals surface area contributed by atoms with E-state index in [1.807, 2.05) is 13.8 Å². The van der Waals surface area contributed by atoms with Gasteiger partial charge in [-0.1, -0.05) is 26.8 Å². The molecule has 0 bridgehead atoms. The predicted molar refractivity (Wildman–Crippen MR) is 77.5 cm³/mol. The summed E-state index contributed by atoms with van der Waals surface area (Å²) in [5.41, 5.74) is 0.101. The summed E-state index contributed by atoms with van der Waals surface area (Å²) in [7, 11) is 0. The maximum absolute atomic E-state index is 13.6. The van der Waals surface area contributed by atoms with Crippen molar-refractivity contribution in [3.8, 4) is 0 Å². The van der Waals surface area contributed by atoms with Gasteiger partial charge in [0.15, 0.2) is 0 Å². The van der Waals surface area contributed by atoms with Gasteiger partial charge < -0.3 is 10.4 Å². The second kappa shape index (κ2) is 6.19. The van der Waals surface area contributed by atoms with Crippen molar-refractivity contribution in [1.82, 2.24) is 5.32 Å². The van der Waals surface area contributed by atoms with E-state index in [-0.39, 0.29) is 23.1 Å². The Kier molecular flexibility index (Phi) is 5.27. The first-order valence-electron chi connectivity index (χ1n) is 6.88. The van der Waals surface area contributed by atoms with Crippen molar-refractivity contribution in [3.63, 3.8) is 0 Å². The molecule has 0 aliphatic carbocycles. The molecule has 0 aromatic heterocycles. The summed E-state index contributed by atoms with van der Waals surface area (Å²) in [5.74, 6) is -1.35. The van der Waals surface area contributed by atoms with E-state index in [4.69, 9.17) is 0 Å². The number of benzene rings is 1. The lowest BCUT2D eigenvalue weighted by atomic mass is 9.81. The van der Waals surface area contributed by atoms with Crippen LogP contribution < -0.4 is 5.32 Å². The molecule has 0 heterocycles. The van der Waals surface area contributed by atoms with E-state index in [9.17, 15) is 13.9 Å². The SMILES string of the molecule is CC(C)(C)CC(C)(C)NCC(O)c1ccc(F)cc1F. The lowest BCUT2D eigenvalue weighted by molar-refractivity contribution is 0.145. The van der Waals surface area contributed by atoms with E-state index in [1.165, 1.54) is 6.07 Å². The number of hydrogen-bond acceptors (Lipinski definition) is 2. The molecular weight excluding hydrogens is 260 g/mol. The van der Waals surface area contributed by atoms with Gasteiger partial charge in [0.1, 0.15) is 11.6 Å². The van der Waals surface area contributed by atoms with Gasteiger partial charge in [0.2, 0.25) is 0 Å². The molecule has 1 atom stereocenters. The highest BCUT2D eigenvalue weighted by molar-refractivity contribution is 5.21. The van der Waals surface area contributed by atoms with E-state index >= 15 is 0 Å². The fraction of sp³-hybridized carbons (Fsp3) is 0.625. The van der Waals surface area contributed by atoms with Gasteiger partial charge >= 0.3 is 0 Å². The molecule has 0 aliphatic rings. The molecule has 4 heteroatoms. The summed E-state index contributed by atoms with van der Waals surface area (Å²) in [6.07, 6.45) is -0.0756. The van der Waals surface area contributed by atoms with Gasteiger partial charge in [-0.3, -0.25) is 0 Å². The molecule has 1 unspecified atom stereocenters. The van der Waals surface area contributed by atoms with E-state index in [1.54, 1.807) is 0 Å². The smallest absolute Gasteiger partial charge is 0.131 e. The maximum Gasteiger partial charge on any atom is 0.131 e. The molecule has 114 valence electrons. The number of nitrogens with one attached hydrogen (secondary N) is 1. The van der Waals surface area contributed by atoms with Crippen LogP contribution in [0.2, 0.25) is 0 Å². The second-order valence-corrected chi connectivity index (χ2v) is 7.18. The zero-order chi connectivity index (χ0) is 15.6. The number of hydrogen-bond donors (Lipinski definition) is 2. The van der Waals surface area contributed by atoms with Crippen LogP contribution in [0.15, 0.2) is 18.2 Å². The zero-order valence-corrected chi connectivity index (χ0v) is 12.9. The molecule has 1 rings (SSSR count). The molecule has 20 heavy (non-hydrogen) atoms. The minimum Gasteiger partial charge on any atom is -0.387 e. The van der Waals surface area contributed by atoms with Crippen molar-refractivity contribution in [2.45, 2.75) is 52.7 Å². The molecule has 0 radical (unpaired) electrons. The Morgan fingerprint density at radius 3 is 2.25 bits per heavy atom. The molecule has 0 saturated carbocycles. The van der Waals surface area contributed by atoms with Crippen LogP contribution in [-0.2, 0) is 0 Å². The molecule has 1 aromatic carbocycles. The quantitative estimate of drug-likeness (QED) is 0.862. The third-order valence-electron chi connectivity index (χ3n) is 3.07. The first-order valence-corrected chi connectivity index (χ1v) is 6.88. The van der Waals surface area contributed by atoms with Crippen molar-refractivity contribution < 1.29 is 13.9 Å². The number of aliphatic hydroxyl groups is 1. The third-order valence-corrected chi connectivity index (χ3v) is 3.07. The largest absolute Gasteiger partial charge is 0.387 e. The fourth-order valence-electron chi connectivity index (χ4n) is 2.64. The van der Waals surface area contributed by atoms with E-state index in [0.29, 0.717) is 0 Å². The van der Waals surface area contributed by atoms with E-state index in [0.717, 1.165) is 18.6 Å². The number of β-amino-alcohol motifs (C(OH)–C–C–N with tert-alkyl or cyclic N) is 1. The van der Waals surface area contributed by atoms with Crippen molar-refractivity contribution in [3.05, 3.63) is 35.4 Å². The Morgan fingerprint density at radius 1 is 1.15 bits per heavy atom. The average molecular weight is 285 g/mol. The second-order valence-electron chi connectivity index (χ2n) is 7.18. The number of rotatable bonds is 5. The molecule has 0 amide bonds. The van der Waals surface area contributed by atoms with Crippen molar-refractivity contribution in [1.29, 1.82) is 0 Å². The Labute approximate surface area is 120 Å². The minimum atomic E-state index is -0.991. The maximum atomic E-state index is 13.6. The van der Waals surface area contributed by atoms with Gasteiger partial charge in [0, 0.05) is 23.7 Å². The van der Waals surface area contributed by atoms with Gasteiger partial charge in [0.05, 0.1) is 6.10 Å². The Balaban J connectivity index is 2.65. The molecular formula is C16H25F2NO. The highest BCUT2D eigenvalue weighted by atomic mass is 19.1. The van der Waals surface area contributed by atoms with Crippen LogP contribution in [-0.4, -0.2) is 17.2 Å². The van der Waals surface area contributed by atoms with Crippen LogP contribution >= 0.6 is 0 Å². The Morgan fingerprint density at radius 2 is 1.75 bits per heavy atom.